The number of ether oxygens (including phenoxy) is 1. The van der Waals surface area contributed by atoms with Crippen molar-refractivity contribution in [3.63, 3.8) is 0 Å². The maximum Gasteiger partial charge on any atom is 0.182 e. The Morgan fingerprint density at radius 3 is 2.46 bits per heavy atom. The van der Waals surface area contributed by atoms with E-state index in [0.29, 0.717) is 13.2 Å². The van der Waals surface area contributed by atoms with E-state index in [1.165, 1.54) is 22.5 Å². The monoisotopic (exact) mass is 350 g/mol. The van der Waals surface area contributed by atoms with E-state index in [-0.39, 0.29) is 5.78 Å². The van der Waals surface area contributed by atoms with E-state index in [1.54, 1.807) is 0 Å². The molecule has 4 heteroatoms. The van der Waals surface area contributed by atoms with Gasteiger partial charge in [-0.3, -0.25) is 9.69 Å². The number of anilines is 2. The Bertz CT molecular complexity index is 838. The first kappa shape index (κ1) is 17.3. The van der Waals surface area contributed by atoms with Crippen LogP contribution in [0.2, 0.25) is 0 Å². The quantitative estimate of drug-likeness (QED) is 0.791. The first-order chi connectivity index (χ1) is 12.5. The van der Waals surface area contributed by atoms with Gasteiger partial charge in [0, 0.05) is 43.5 Å². The van der Waals surface area contributed by atoms with E-state index >= 15 is 0 Å². The number of para-hydroxylation sites is 1. The maximum absolute atomic E-state index is 13.3. The summed E-state index contributed by atoms with van der Waals surface area (Å²) in [5, 5.41) is 0. The van der Waals surface area contributed by atoms with Gasteiger partial charge in [-0.25, -0.2) is 0 Å². The average molecular weight is 350 g/mol. The summed E-state index contributed by atoms with van der Waals surface area (Å²) in [7, 11) is 2.09. The summed E-state index contributed by atoms with van der Waals surface area (Å²) in [6, 6.07) is 14.6. The number of hydrogen-bond donors (Lipinski definition) is 0. The summed E-state index contributed by atoms with van der Waals surface area (Å²) in [5.74, 6) is 0.184. The molecule has 26 heavy (non-hydrogen) atoms. The molecule has 0 saturated carbocycles. The van der Waals surface area contributed by atoms with Crippen molar-refractivity contribution in [3.8, 4) is 0 Å². The third kappa shape index (κ3) is 2.83. The predicted octanol–water partition coefficient (Wildman–Crippen LogP) is 3.65. The van der Waals surface area contributed by atoms with Crippen LogP contribution in [-0.2, 0) is 11.2 Å². The summed E-state index contributed by atoms with van der Waals surface area (Å²) >= 11 is 0. The van der Waals surface area contributed by atoms with E-state index in [1.807, 2.05) is 19.9 Å². The summed E-state index contributed by atoms with van der Waals surface area (Å²) in [6.45, 7) is 7.06. The van der Waals surface area contributed by atoms with Gasteiger partial charge in [0.15, 0.2) is 5.78 Å². The lowest BCUT2D eigenvalue weighted by Crippen LogP contribution is -2.54. The third-order valence-electron chi connectivity index (χ3n) is 5.79. The number of Topliss-reactive ketones (excluding diaryl/α,β-unsaturated/α-hetero) is 1. The van der Waals surface area contributed by atoms with Crippen LogP contribution in [0.3, 0.4) is 0 Å². The first-order valence-corrected chi connectivity index (χ1v) is 9.30. The Morgan fingerprint density at radius 2 is 1.69 bits per heavy atom. The van der Waals surface area contributed by atoms with Crippen LogP contribution < -0.4 is 4.90 Å². The molecular weight excluding hydrogens is 324 g/mol. The summed E-state index contributed by atoms with van der Waals surface area (Å²) in [4.78, 5) is 17.7. The van der Waals surface area contributed by atoms with Crippen molar-refractivity contribution in [2.45, 2.75) is 25.8 Å². The minimum atomic E-state index is -0.517. The highest BCUT2D eigenvalue weighted by atomic mass is 16.5. The van der Waals surface area contributed by atoms with E-state index in [2.05, 4.69) is 53.2 Å². The highest BCUT2D eigenvalue weighted by Crippen LogP contribution is 2.38. The van der Waals surface area contributed by atoms with Crippen LogP contribution in [0, 0.1) is 0 Å². The first-order valence-electron chi connectivity index (χ1n) is 9.30. The second-order valence-corrected chi connectivity index (χ2v) is 7.70. The Morgan fingerprint density at radius 1 is 1.00 bits per heavy atom. The number of carbonyl (C=O) groups is 1. The average Bonchev–Trinajstić information content (AvgIpc) is 2.68. The van der Waals surface area contributed by atoms with Crippen molar-refractivity contribution in [2.75, 3.05) is 38.3 Å². The molecule has 0 bridgehead atoms. The normalized spacial score (nSPS) is 17.6. The van der Waals surface area contributed by atoms with Gasteiger partial charge in [0.05, 0.1) is 18.8 Å². The van der Waals surface area contributed by atoms with Gasteiger partial charge in [0.2, 0.25) is 0 Å². The molecule has 4 nitrogen and oxygen atoms in total. The SMILES string of the molecule is CN1c2ccccc2Cc2cc(C(=O)C(C)(C)N3CCOCC3)ccc21. The van der Waals surface area contributed by atoms with Crippen molar-refractivity contribution in [2.24, 2.45) is 0 Å². The van der Waals surface area contributed by atoms with E-state index in [4.69, 9.17) is 4.74 Å². The van der Waals surface area contributed by atoms with Crippen molar-refractivity contribution in [1.82, 2.24) is 4.90 Å². The Labute approximate surface area is 155 Å². The molecule has 0 amide bonds. The van der Waals surface area contributed by atoms with Gasteiger partial charge in [0.25, 0.3) is 0 Å². The molecule has 2 aromatic rings. The molecule has 0 aliphatic carbocycles. The molecule has 2 aliphatic heterocycles. The zero-order valence-electron chi connectivity index (χ0n) is 15.8. The maximum atomic E-state index is 13.3. The standard InChI is InChI=1S/C22H26N2O2/c1-22(2,24-10-12-26-13-11-24)21(25)17-8-9-20-18(15-17)14-16-6-4-5-7-19(16)23(20)3/h4-9,15H,10-14H2,1-3H3. The molecule has 0 radical (unpaired) electrons. The van der Waals surface area contributed by atoms with Gasteiger partial charge >= 0.3 is 0 Å². The van der Waals surface area contributed by atoms with Gasteiger partial charge in [-0.15, -0.1) is 0 Å². The fourth-order valence-corrected chi connectivity index (χ4v) is 4.14. The van der Waals surface area contributed by atoms with Crippen LogP contribution in [0.1, 0.15) is 35.3 Å². The second kappa shape index (κ2) is 6.53. The predicted molar refractivity (Wildman–Crippen MR) is 105 cm³/mol. The van der Waals surface area contributed by atoms with Crippen molar-refractivity contribution in [3.05, 3.63) is 59.2 Å². The van der Waals surface area contributed by atoms with Gasteiger partial charge < -0.3 is 9.64 Å². The topological polar surface area (TPSA) is 32.8 Å². The van der Waals surface area contributed by atoms with E-state index < -0.39 is 5.54 Å². The number of nitrogens with zero attached hydrogens (tertiary/aromatic N) is 2. The summed E-state index contributed by atoms with van der Waals surface area (Å²) in [6.07, 6.45) is 0.870. The molecule has 4 rings (SSSR count). The molecule has 2 aliphatic rings. The molecule has 0 aromatic heterocycles. The van der Waals surface area contributed by atoms with Crippen molar-refractivity contribution in [1.29, 1.82) is 0 Å². The van der Waals surface area contributed by atoms with Crippen LogP contribution in [0.25, 0.3) is 0 Å². The second-order valence-electron chi connectivity index (χ2n) is 7.70. The lowest BCUT2D eigenvalue weighted by molar-refractivity contribution is -0.00430. The molecule has 2 aromatic carbocycles. The lowest BCUT2D eigenvalue weighted by Gasteiger charge is -2.39. The molecule has 2 heterocycles. The molecule has 1 fully saturated rings. The van der Waals surface area contributed by atoms with Gasteiger partial charge in [-0.1, -0.05) is 18.2 Å². The zero-order valence-corrected chi connectivity index (χ0v) is 15.8. The van der Waals surface area contributed by atoms with Crippen molar-refractivity contribution < 1.29 is 9.53 Å². The Kier molecular flexibility index (Phi) is 4.33. The largest absolute Gasteiger partial charge is 0.379 e. The highest BCUT2D eigenvalue weighted by molar-refractivity contribution is 6.03. The lowest BCUT2D eigenvalue weighted by atomic mass is 9.88. The van der Waals surface area contributed by atoms with Crippen LogP contribution in [0.15, 0.2) is 42.5 Å². The van der Waals surface area contributed by atoms with Crippen LogP contribution >= 0.6 is 0 Å². The smallest absolute Gasteiger partial charge is 0.182 e. The van der Waals surface area contributed by atoms with E-state index in [9.17, 15) is 4.79 Å². The van der Waals surface area contributed by atoms with Gasteiger partial charge in [-0.05, 0) is 49.2 Å². The van der Waals surface area contributed by atoms with Crippen LogP contribution in [0.5, 0.6) is 0 Å². The number of ketones is 1. The highest BCUT2D eigenvalue weighted by Gasteiger charge is 2.36. The van der Waals surface area contributed by atoms with E-state index in [0.717, 1.165) is 25.1 Å². The summed E-state index contributed by atoms with van der Waals surface area (Å²) < 4.78 is 5.44. The number of fused-ring (bicyclic) bond motifs is 2. The van der Waals surface area contributed by atoms with Crippen molar-refractivity contribution >= 4 is 17.2 Å². The zero-order chi connectivity index (χ0) is 18.3. The fourth-order valence-electron chi connectivity index (χ4n) is 4.14. The molecule has 0 N–H and O–H groups in total. The number of rotatable bonds is 3. The molecule has 1 saturated heterocycles. The van der Waals surface area contributed by atoms with Gasteiger partial charge in [-0.2, -0.15) is 0 Å². The molecular formula is C22H26N2O2. The van der Waals surface area contributed by atoms with Crippen LogP contribution in [0.4, 0.5) is 11.4 Å². The minimum absolute atomic E-state index is 0.184. The molecule has 136 valence electrons. The Hall–Kier alpha value is -2.17. The number of morpholine rings is 1. The number of carbonyl (C=O) groups excluding carboxylic acids is 1. The minimum Gasteiger partial charge on any atom is -0.379 e. The van der Waals surface area contributed by atoms with Crippen LogP contribution in [-0.4, -0.2) is 49.6 Å². The number of hydrogen-bond acceptors (Lipinski definition) is 4. The number of benzene rings is 2. The summed E-state index contributed by atoms with van der Waals surface area (Å²) in [5.41, 5.74) is 5.23. The molecule has 0 spiro atoms. The third-order valence-corrected chi connectivity index (χ3v) is 5.79. The fraction of sp³-hybridized carbons (Fsp3) is 0.409. The Balaban J connectivity index is 1.65. The molecule has 0 unspecified atom stereocenters. The van der Waals surface area contributed by atoms with Gasteiger partial charge in [0.1, 0.15) is 0 Å². The molecule has 0 atom stereocenters.